The van der Waals surface area contributed by atoms with E-state index in [0.717, 1.165) is 10.9 Å². The van der Waals surface area contributed by atoms with Crippen LogP contribution in [0.15, 0.2) is 24.5 Å². The quantitative estimate of drug-likeness (QED) is 0.671. The summed E-state index contributed by atoms with van der Waals surface area (Å²) >= 11 is 13.4. The smallest absolute Gasteiger partial charge is 0.348 e. The topological polar surface area (TPSA) is 64.1 Å². The van der Waals surface area contributed by atoms with Gasteiger partial charge >= 0.3 is 5.97 Å². The van der Waals surface area contributed by atoms with Crippen molar-refractivity contribution in [2.24, 2.45) is 0 Å². The molecule has 8 heteroatoms. The molecule has 0 saturated carbocycles. The number of hydrogen-bond donors (Lipinski definition) is 1. The lowest BCUT2D eigenvalue weighted by atomic mass is 10.2. The minimum absolute atomic E-state index is 0.388. The van der Waals surface area contributed by atoms with E-state index in [2.05, 4.69) is 15.3 Å². The van der Waals surface area contributed by atoms with Crippen molar-refractivity contribution in [1.82, 2.24) is 9.97 Å². The first-order valence-corrected chi connectivity index (χ1v) is 8.13. The van der Waals surface area contributed by atoms with Crippen molar-refractivity contribution in [2.45, 2.75) is 6.92 Å². The zero-order valence-electron chi connectivity index (χ0n) is 12.2. The molecule has 1 aromatic carbocycles. The maximum absolute atomic E-state index is 11.8. The summed E-state index contributed by atoms with van der Waals surface area (Å²) in [6.07, 6.45) is 1.44. The highest BCUT2D eigenvalue weighted by atomic mass is 35.5. The third kappa shape index (κ3) is 2.97. The maximum atomic E-state index is 11.8. The average molecular weight is 368 g/mol. The number of esters is 1. The van der Waals surface area contributed by atoms with E-state index in [0.29, 0.717) is 31.3 Å². The summed E-state index contributed by atoms with van der Waals surface area (Å²) in [7, 11) is 1.35. The molecule has 23 heavy (non-hydrogen) atoms. The molecular weight excluding hydrogens is 357 g/mol. The molecule has 0 saturated heterocycles. The van der Waals surface area contributed by atoms with Gasteiger partial charge in [0.25, 0.3) is 0 Å². The first-order chi connectivity index (χ1) is 11.0. The van der Waals surface area contributed by atoms with Gasteiger partial charge in [-0.25, -0.2) is 14.8 Å². The molecule has 0 atom stereocenters. The molecule has 3 aromatic rings. The number of methoxy groups -OCH3 is 1. The van der Waals surface area contributed by atoms with E-state index in [4.69, 9.17) is 27.9 Å². The van der Waals surface area contributed by atoms with Gasteiger partial charge in [-0.3, -0.25) is 0 Å². The molecule has 0 aliphatic carbocycles. The van der Waals surface area contributed by atoms with Gasteiger partial charge < -0.3 is 10.1 Å². The Bertz CT molecular complexity index is 911. The Labute approximate surface area is 146 Å². The number of rotatable bonds is 3. The number of anilines is 2. The predicted octanol–water partition coefficient (Wildman–Crippen LogP) is 4.84. The fourth-order valence-corrected chi connectivity index (χ4v) is 3.69. The van der Waals surface area contributed by atoms with Crippen molar-refractivity contribution in [3.8, 4) is 0 Å². The van der Waals surface area contributed by atoms with Gasteiger partial charge in [-0.2, -0.15) is 0 Å². The zero-order valence-corrected chi connectivity index (χ0v) is 14.5. The fourth-order valence-electron chi connectivity index (χ4n) is 2.17. The Kier molecular flexibility index (Phi) is 4.39. The number of halogens is 2. The largest absolute Gasteiger partial charge is 0.465 e. The Balaban J connectivity index is 2.11. The van der Waals surface area contributed by atoms with Crippen LogP contribution in [0.25, 0.3) is 10.2 Å². The molecule has 0 unspecified atom stereocenters. The minimum Gasteiger partial charge on any atom is -0.465 e. The number of thiophene rings is 1. The van der Waals surface area contributed by atoms with Crippen molar-refractivity contribution < 1.29 is 9.53 Å². The molecule has 0 radical (unpaired) electrons. The molecule has 118 valence electrons. The molecule has 0 aliphatic heterocycles. The number of carbonyl (C=O) groups is 1. The SMILES string of the molecule is COC(=O)c1sc2ncnc(Nc3ccc(Cl)cc3Cl)c2c1C. The number of nitrogens with one attached hydrogen (secondary N) is 1. The average Bonchev–Trinajstić information content (AvgIpc) is 2.87. The lowest BCUT2D eigenvalue weighted by molar-refractivity contribution is 0.0605. The number of carbonyl (C=O) groups excluding carboxylic acids is 1. The van der Waals surface area contributed by atoms with Gasteiger partial charge in [0.2, 0.25) is 0 Å². The van der Waals surface area contributed by atoms with Crippen LogP contribution in [0.4, 0.5) is 11.5 Å². The van der Waals surface area contributed by atoms with Crippen molar-refractivity contribution >= 4 is 62.2 Å². The van der Waals surface area contributed by atoms with Crippen LogP contribution in [0.1, 0.15) is 15.2 Å². The monoisotopic (exact) mass is 367 g/mol. The number of aromatic nitrogens is 2. The van der Waals surface area contributed by atoms with Crippen LogP contribution >= 0.6 is 34.5 Å². The summed E-state index contributed by atoms with van der Waals surface area (Å²) in [6, 6.07) is 5.14. The molecule has 0 bridgehead atoms. The second-order valence-electron chi connectivity index (χ2n) is 4.70. The van der Waals surface area contributed by atoms with E-state index in [1.165, 1.54) is 24.8 Å². The second-order valence-corrected chi connectivity index (χ2v) is 6.54. The number of nitrogens with zero attached hydrogens (tertiary/aromatic N) is 2. The van der Waals surface area contributed by atoms with Crippen molar-refractivity contribution in [3.05, 3.63) is 45.0 Å². The Morgan fingerprint density at radius 2 is 2.09 bits per heavy atom. The van der Waals surface area contributed by atoms with Gasteiger partial charge in [0, 0.05) is 5.02 Å². The molecule has 0 aliphatic rings. The predicted molar refractivity (Wildman–Crippen MR) is 93.2 cm³/mol. The molecule has 2 aromatic heterocycles. The van der Waals surface area contributed by atoms with Gasteiger partial charge in [0.05, 0.1) is 23.2 Å². The van der Waals surface area contributed by atoms with Crippen LogP contribution in [0, 0.1) is 6.92 Å². The van der Waals surface area contributed by atoms with E-state index in [1.54, 1.807) is 18.2 Å². The van der Waals surface area contributed by atoms with Crippen molar-refractivity contribution in [2.75, 3.05) is 12.4 Å². The van der Waals surface area contributed by atoms with Crippen LogP contribution in [-0.2, 0) is 4.74 Å². The summed E-state index contributed by atoms with van der Waals surface area (Å²) < 4.78 is 4.80. The van der Waals surface area contributed by atoms with Gasteiger partial charge in [-0.1, -0.05) is 23.2 Å². The second kappa shape index (κ2) is 6.31. The van der Waals surface area contributed by atoms with Crippen LogP contribution in [0.3, 0.4) is 0 Å². The molecule has 3 rings (SSSR count). The Morgan fingerprint density at radius 3 is 2.78 bits per heavy atom. The standard InChI is InChI=1S/C15H11Cl2N3O2S/c1-7-11-13(20-10-4-3-8(16)5-9(10)17)18-6-19-14(11)23-12(7)15(21)22-2/h3-6H,1-2H3,(H,18,19,20). The van der Waals surface area contributed by atoms with E-state index in [1.807, 2.05) is 6.92 Å². The lowest BCUT2D eigenvalue weighted by Gasteiger charge is -2.09. The minimum atomic E-state index is -0.388. The Hall–Kier alpha value is -1.89. The maximum Gasteiger partial charge on any atom is 0.348 e. The third-order valence-electron chi connectivity index (χ3n) is 3.28. The van der Waals surface area contributed by atoms with E-state index < -0.39 is 0 Å². The van der Waals surface area contributed by atoms with Crippen molar-refractivity contribution in [1.29, 1.82) is 0 Å². The summed E-state index contributed by atoms with van der Waals surface area (Å²) in [5, 5.41) is 4.96. The molecule has 0 amide bonds. The summed E-state index contributed by atoms with van der Waals surface area (Å²) in [5.74, 6) is 0.184. The number of aryl methyl sites for hydroxylation is 1. The Morgan fingerprint density at radius 1 is 1.30 bits per heavy atom. The normalized spacial score (nSPS) is 10.8. The van der Waals surface area contributed by atoms with E-state index in [9.17, 15) is 4.79 Å². The van der Waals surface area contributed by atoms with Crippen LogP contribution in [0.2, 0.25) is 10.0 Å². The van der Waals surface area contributed by atoms with E-state index >= 15 is 0 Å². The van der Waals surface area contributed by atoms with Crippen LogP contribution < -0.4 is 5.32 Å². The fraction of sp³-hybridized carbons (Fsp3) is 0.133. The highest BCUT2D eigenvalue weighted by Crippen LogP contribution is 2.36. The third-order valence-corrected chi connectivity index (χ3v) is 5.01. The number of hydrogen-bond acceptors (Lipinski definition) is 6. The molecule has 2 heterocycles. The molecule has 0 fully saturated rings. The highest BCUT2D eigenvalue weighted by molar-refractivity contribution is 7.20. The lowest BCUT2D eigenvalue weighted by Crippen LogP contribution is -2.00. The first kappa shape index (κ1) is 16.0. The van der Waals surface area contributed by atoms with Crippen molar-refractivity contribution in [3.63, 3.8) is 0 Å². The van der Waals surface area contributed by atoms with E-state index in [-0.39, 0.29) is 5.97 Å². The summed E-state index contributed by atoms with van der Waals surface area (Å²) in [4.78, 5) is 21.5. The zero-order chi connectivity index (χ0) is 16.6. The van der Waals surface area contributed by atoms with Gasteiger partial charge in [0.15, 0.2) is 0 Å². The number of fused-ring (bicyclic) bond motifs is 1. The van der Waals surface area contributed by atoms with Gasteiger partial charge in [-0.05, 0) is 30.7 Å². The van der Waals surface area contributed by atoms with Gasteiger partial charge in [0.1, 0.15) is 21.9 Å². The number of ether oxygens (including phenoxy) is 1. The molecule has 1 N–H and O–H groups in total. The molecular formula is C15H11Cl2N3O2S. The van der Waals surface area contributed by atoms with Gasteiger partial charge in [-0.15, -0.1) is 11.3 Å². The first-order valence-electron chi connectivity index (χ1n) is 6.55. The molecule has 5 nitrogen and oxygen atoms in total. The summed E-state index contributed by atoms with van der Waals surface area (Å²) in [5.41, 5.74) is 1.44. The number of benzene rings is 1. The molecule has 0 spiro atoms. The summed E-state index contributed by atoms with van der Waals surface area (Å²) in [6.45, 7) is 1.84. The van der Waals surface area contributed by atoms with Crippen LogP contribution in [0.5, 0.6) is 0 Å². The van der Waals surface area contributed by atoms with Crippen LogP contribution in [-0.4, -0.2) is 23.0 Å². The highest BCUT2D eigenvalue weighted by Gasteiger charge is 2.20.